The Morgan fingerprint density at radius 2 is 1.90 bits per heavy atom. The van der Waals surface area contributed by atoms with Gasteiger partial charge in [-0.15, -0.1) is 0 Å². The molecule has 0 saturated heterocycles. The standard InChI is InChI=1S/C18H26FN/c1-16(2,3)20-13-18(11-17(12-18)8-5-9-17)14-6-4-7-15(19)10-14/h4,6-7,10,20H,5,8-9,11-13H2,1-3H3. The minimum absolute atomic E-state index is 0.104. The Labute approximate surface area is 122 Å². The van der Waals surface area contributed by atoms with Crippen LogP contribution in [-0.2, 0) is 5.41 Å². The van der Waals surface area contributed by atoms with Crippen LogP contribution in [0.3, 0.4) is 0 Å². The van der Waals surface area contributed by atoms with E-state index < -0.39 is 0 Å². The highest BCUT2D eigenvalue weighted by Gasteiger charge is 2.57. The molecule has 1 spiro atoms. The summed E-state index contributed by atoms with van der Waals surface area (Å²) < 4.78 is 13.6. The van der Waals surface area contributed by atoms with E-state index in [0.717, 1.165) is 6.54 Å². The Bertz CT molecular complexity index is 488. The monoisotopic (exact) mass is 275 g/mol. The van der Waals surface area contributed by atoms with Gasteiger partial charge in [0, 0.05) is 17.5 Å². The molecular weight excluding hydrogens is 249 g/mol. The summed E-state index contributed by atoms with van der Waals surface area (Å²) in [6, 6.07) is 7.26. The molecule has 1 N–H and O–H groups in total. The molecule has 0 unspecified atom stereocenters. The Balaban J connectivity index is 1.81. The van der Waals surface area contributed by atoms with Crippen LogP contribution in [0.1, 0.15) is 58.4 Å². The number of rotatable bonds is 3. The second kappa shape index (κ2) is 4.56. The van der Waals surface area contributed by atoms with E-state index in [9.17, 15) is 4.39 Å². The first kappa shape index (κ1) is 14.1. The van der Waals surface area contributed by atoms with Crippen LogP contribution in [0.25, 0.3) is 0 Å². The van der Waals surface area contributed by atoms with Crippen molar-refractivity contribution in [2.75, 3.05) is 6.54 Å². The Morgan fingerprint density at radius 1 is 1.20 bits per heavy atom. The summed E-state index contributed by atoms with van der Waals surface area (Å²) in [5, 5.41) is 3.65. The highest BCUT2D eigenvalue weighted by atomic mass is 19.1. The largest absolute Gasteiger partial charge is 0.311 e. The normalized spacial score (nSPS) is 23.2. The molecule has 2 aliphatic carbocycles. The maximum atomic E-state index is 13.6. The third kappa shape index (κ3) is 2.50. The van der Waals surface area contributed by atoms with Crippen LogP contribution in [0, 0.1) is 11.2 Å². The van der Waals surface area contributed by atoms with Gasteiger partial charge in [-0.3, -0.25) is 0 Å². The molecule has 0 aromatic heterocycles. The van der Waals surface area contributed by atoms with Crippen LogP contribution in [0.5, 0.6) is 0 Å². The van der Waals surface area contributed by atoms with Crippen molar-refractivity contribution < 1.29 is 4.39 Å². The maximum absolute atomic E-state index is 13.6. The zero-order valence-electron chi connectivity index (χ0n) is 12.9. The first-order valence-electron chi connectivity index (χ1n) is 7.84. The van der Waals surface area contributed by atoms with Gasteiger partial charge >= 0.3 is 0 Å². The van der Waals surface area contributed by atoms with Gasteiger partial charge in [0.1, 0.15) is 5.82 Å². The molecule has 1 nitrogen and oxygen atoms in total. The average molecular weight is 275 g/mol. The van der Waals surface area contributed by atoms with E-state index in [0.29, 0.717) is 5.41 Å². The van der Waals surface area contributed by atoms with E-state index in [1.165, 1.54) is 37.7 Å². The van der Waals surface area contributed by atoms with Crippen LogP contribution in [0.4, 0.5) is 4.39 Å². The highest BCUT2D eigenvalue weighted by Crippen LogP contribution is 2.64. The van der Waals surface area contributed by atoms with Gasteiger partial charge < -0.3 is 5.32 Å². The lowest BCUT2D eigenvalue weighted by Gasteiger charge is -2.62. The van der Waals surface area contributed by atoms with Gasteiger partial charge in [0.15, 0.2) is 0 Å². The van der Waals surface area contributed by atoms with E-state index in [1.807, 2.05) is 6.07 Å². The molecule has 0 heterocycles. The Morgan fingerprint density at radius 3 is 2.40 bits per heavy atom. The van der Waals surface area contributed by atoms with Crippen molar-refractivity contribution in [2.24, 2.45) is 5.41 Å². The predicted octanol–water partition coefficient (Wildman–Crippen LogP) is 4.42. The molecule has 1 aromatic rings. The number of benzene rings is 1. The molecular formula is C18H26FN. The molecule has 2 saturated carbocycles. The fraction of sp³-hybridized carbons (Fsp3) is 0.667. The zero-order valence-corrected chi connectivity index (χ0v) is 12.9. The van der Waals surface area contributed by atoms with Gasteiger partial charge in [-0.05, 0) is 69.6 Å². The Hall–Kier alpha value is -0.890. The van der Waals surface area contributed by atoms with Crippen molar-refractivity contribution in [2.45, 2.75) is 63.8 Å². The smallest absolute Gasteiger partial charge is 0.123 e. The molecule has 0 radical (unpaired) electrons. The summed E-state index contributed by atoms with van der Waals surface area (Å²) in [5.74, 6) is -0.104. The van der Waals surface area contributed by atoms with E-state index >= 15 is 0 Å². The molecule has 2 fully saturated rings. The fourth-order valence-electron chi connectivity index (χ4n) is 4.10. The van der Waals surface area contributed by atoms with Crippen LogP contribution >= 0.6 is 0 Å². The molecule has 110 valence electrons. The highest BCUT2D eigenvalue weighted by molar-refractivity contribution is 5.33. The van der Waals surface area contributed by atoms with Gasteiger partial charge in [-0.1, -0.05) is 18.6 Å². The lowest BCUT2D eigenvalue weighted by atomic mass is 9.43. The number of hydrogen-bond donors (Lipinski definition) is 1. The molecule has 0 atom stereocenters. The van der Waals surface area contributed by atoms with Gasteiger partial charge in [-0.25, -0.2) is 4.39 Å². The molecule has 2 aliphatic rings. The minimum atomic E-state index is -0.104. The fourth-order valence-corrected chi connectivity index (χ4v) is 4.10. The number of halogens is 1. The first-order valence-corrected chi connectivity index (χ1v) is 7.84. The van der Waals surface area contributed by atoms with Crippen LogP contribution in [0.15, 0.2) is 24.3 Å². The lowest BCUT2D eigenvalue weighted by Crippen LogP contribution is -2.59. The second-order valence-corrected chi connectivity index (χ2v) is 8.10. The van der Waals surface area contributed by atoms with Gasteiger partial charge in [0.2, 0.25) is 0 Å². The van der Waals surface area contributed by atoms with Crippen molar-refractivity contribution in [1.29, 1.82) is 0 Å². The second-order valence-electron chi connectivity index (χ2n) is 8.10. The molecule has 3 rings (SSSR count). The third-order valence-electron chi connectivity index (χ3n) is 5.24. The summed E-state index contributed by atoms with van der Waals surface area (Å²) in [7, 11) is 0. The summed E-state index contributed by atoms with van der Waals surface area (Å²) >= 11 is 0. The average Bonchev–Trinajstić information content (AvgIpc) is 2.24. The Kier molecular flexibility index (Phi) is 3.20. The summed E-state index contributed by atoms with van der Waals surface area (Å²) in [4.78, 5) is 0. The third-order valence-corrected chi connectivity index (χ3v) is 5.24. The van der Waals surface area contributed by atoms with Crippen molar-refractivity contribution >= 4 is 0 Å². The minimum Gasteiger partial charge on any atom is -0.311 e. The van der Waals surface area contributed by atoms with Crippen molar-refractivity contribution in [3.8, 4) is 0 Å². The molecule has 0 bridgehead atoms. The van der Waals surface area contributed by atoms with Gasteiger partial charge in [0.25, 0.3) is 0 Å². The number of nitrogens with one attached hydrogen (secondary N) is 1. The molecule has 0 amide bonds. The molecule has 1 aromatic carbocycles. The van der Waals surface area contributed by atoms with E-state index in [-0.39, 0.29) is 16.8 Å². The van der Waals surface area contributed by atoms with Crippen molar-refractivity contribution in [3.63, 3.8) is 0 Å². The SMILES string of the molecule is CC(C)(C)NCC1(c2cccc(F)c2)CC2(CCC2)C1. The summed E-state index contributed by atoms with van der Waals surface area (Å²) in [5.41, 5.74) is 2.04. The van der Waals surface area contributed by atoms with Crippen molar-refractivity contribution in [1.82, 2.24) is 5.32 Å². The van der Waals surface area contributed by atoms with E-state index in [4.69, 9.17) is 0 Å². The summed E-state index contributed by atoms with van der Waals surface area (Å²) in [6.07, 6.45) is 6.59. The quantitative estimate of drug-likeness (QED) is 0.861. The van der Waals surface area contributed by atoms with Crippen LogP contribution < -0.4 is 5.32 Å². The zero-order chi connectivity index (χ0) is 14.4. The molecule has 2 heteroatoms. The van der Waals surface area contributed by atoms with Gasteiger partial charge in [0.05, 0.1) is 0 Å². The first-order chi connectivity index (χ1) is 9.33. The maximum Gasteiger partial charge on any atom is 0.123 e. The van der Waals surface area contributed by atoms with Crippen LogP contribution in [0.2, 0.25) is 0 Å². The van der Waals surface area contributed by atoms with Gasteiger partial charge in [-0.2, -0.15) is 0 Å². The van der Waals surface area contributed by atoms with E-state index in [2.05, 4.69) is 32.2 Å². The molecule has 0 aliphatic heterocycles. The lowest BCUT2D eigenvalue weighted by molar-refractivity contribution is -0.0504. The van der Waals surface area contributed by atoms with Crippen LogP contribution in [-0.4, -0.2) is 12.1 Å². The molecule has 20 heavy (non-hydrogen) atoms. The predicted molar refractivity (Wildman–Crippen MR) is 81.4 cm³/mol. The summed E-state index contributed by atoms with van der Waals surface area (Å²) in [6.45, 7) is 7.56. The number of hydrogen-bond acceptors (Lipinski definition) is 1. The van der Waals surface area contributed by atoms with E-state index in [1.54, 1.807) is 12.1 Å². The van der Waals surface area contributed by atoms with Crippen molar-refractivity contribution in [3.05, 3.63) is 35.6 Å². The topological polar surface area (TPSA) is 12.0 Å².